The van der Waals surface area contributed by atoms with E-state index >= 15 is 0 Å². The number of rotatable bonds is 5. The van der Waals surface area contributed by atoms with Crippen LogP contribution in [-0.2, 0) is 16.1 Å². The molecule has 1 heterocycles. The fraction of sp³-hybridized carbons (Fsp3) is 0.238. The van der Waals surface area contributed by atoms with E-state index in [1.807, 2.05) is 56.3 Å². The topological polar surface area (TPSA) is 56.5 Å². The molecule has 0 saturated heterocycles. The summed E-state index contributed by atoms with van der Waals surface area (Å²) < 4.78 is 10.6. The largest absolute Gasteiger partial charge is 0.461 e. The van der Waals surface area contributed by atoms with Gasteiger partial charge in [-0.2, -0.15) is 0 Å². The number of ether oxygens (including phenoxy) is 1. The van der Waals surface area contributed by atoms with Crippen molar-refractivity contribution in [3.8, 4) is 0 Å². The van der Waals surface area contributed by atoms with Crippen LogP contribution in [0.3, 0.4) is 0 Å². The molecule has 4 nitrogen and oxygen atoms in total. The number of benzene rings is 2. The van der Waals surface area contributed by atoms with Gasteiger partial charge in [-0.1, -0.05) is 49.4 Å². The zero-order valence-corrected chi connectivity index (χ0v) is 14.3. The molecule has 128 valence electrons. The minimum atomic E-state index is -0.443. The van der Waals surface area contributed by atoms with Crippen LogP contribution >= 0.6 is 0 Å². The Labute approximate surface area is 146 Å². The first-order valence-electron chi connectivity index (χ1n) is 8.27. The Morgan fingerprint density at radius 3 is 2.64 bits per heavy atom. The molecule has 4 heteroatoms. The summed E-state index contributed by atoms with van der Waals surface area (Å²) in [6, 6.07) is 16.8. The molecular formula is C21H20O4. The summed E-state index contributed by atoms with van der Waals surface area (Å²) in [5.74, 6) is -0.209. The molecule has 1 atom stereocenters. The highest BCUT2D eigenvalue weighted by Gasteiger charge is 2.13. The van der Waals surface area contributed by atoms with E-state index in [1.165, 1.54) is 6.07 Å². The van der Waals surface area contributed by atoms with E-state index in [-0.39, 0.29) is 18.5 Å². The maximum Gasteiger partial charge on any atom is 0.336 e. The summed E-state index contributed by atoms with van der Waals surface area (Å²) in [5.41, 5.74) is 2.83. The molecule has 1 aromatic heterocycles. The van der Waals surface area contributed by atoms with Gasteiger partial charge in [-0.3, -0.25) is 4.79 Å². The molecule has 0 aliphatic rings. The van der Waals surface area contributed by atoms with Crippen LogP contribution in [-0.4, -0.2) is 5.97 Å². The Bertz CT molecular complexity index is 941. The monoisotopic (exact) mass is 336 g/mol. The van der Waals surface area contributed by atoms with Crippen LogP contribution in [0.25, 0.3) is 11.0 Å². The van der Waals surface area contributed by atoms with E-state index in [1.54, 1.807) is 6.07 Å². The van der Waals surface area contributed by atoms with Crippen molar-refractivity contribution in [2.75, 3.05) is 0 Å². The number of carbonyl (C=O) groups excluding carboxylic acids is 1. The molecule has 3 rings (SSSR count). The number of carbonyl (C=O) groups is 1. The molecule has 0 aliphatic heterocycles. The van der Waals surface area contributed by atoms with Gasteiger partial charge in [-0.25, -0.2) is 4.79 Å². The lowest BCUT2D eigenvalue weighted by Gasteiger charge is -2.12. The van der Waals surface area contributed by atoms with Crippen LogP contribution in [0.15, 0.2) is 63.8 Å². The summed E-state index contributed by atoms with van der Waals surface area (Å²) in [4.78, 5) is 23.9. The van der Waals surface area contributed by atoms with Crippen molar-refractivity contribution in [2.45, 2.75) is 32.8 Å². The standard InChI is InChI=1S/C21H20O4/c1-14-8-9-18-17(12-21(23)25-19(18)10-14)13-24-20(22)11-15(2)16-6-4-3-5-7-16/h3-10,12,15H,11,13H2,1-2H3/t15-/m0/s1. The molecule has 0 radical (unpaired) electrons. The van der Waals surface area contributed by atoms with Crippen molar-refractivity contribution in [1.82, 2.24) is 0 Å². The third-order valence-corrected chi connectivity index (χ3v) is 4.22. The van der Waals surface area contributed by atoms with Gasteiger partial charge in [0, 0.05) is 17.0 Å². The van der Waals surface area contributed by atoms with Crippen molar-refractivity contribution in [1.29, 1.82) is 0 Å². The molecular weight excluding hydrogens is 316 g/mol. The molecule has 0 aliphatic carbocycles. The predicted molar refractivity (Wildman–Crippen MR) is 96.5 cm³/mol. The Morgan fingerprint density at radius 1 is 1.12 bits per heavy atom. The average Bonchev–Trinajstić information content (AvgIpc) is 2.59. The van der Waals surface area contributed by atoms with Crippen LogP contribution in [0.1, 0.15) is 36.0 Å². The van der Waals surface area contributed by atoms with E-state index in [9.17, 15) is 9.59 Å². The molecule has 25 heavy (non-hydrogen) atoms. The highest BCUT2D eigenvalue weighted by atomic mass is 16.5. The van der Waals surface area contributed by atoms with Gasteiger partial charge in [0.15, 0.2) is 0 Å². The van der Waals surface area contributed by atoms with Gasteiger partial charge in [-0.15, -0.1) is 0 Å². The molecule has 0 amide bonds. The smallest absolute Gasteiger partial charge is 0.336 e. The lowest BCUT2D eigenvalue weighted by Crippen LogP contribution is -2.10. The van der Waals surface area contributed by atoms with E-state index < -0.39 is 5.63 Å². The lowest BCUT2D eigenvalue weighted by atomic mass is 9.98. The maximum absolute atomic E-state index is 12.2. The van der Waals surface area contributed by atoms with Crippen LogP contribution in [0.4, 0.5) is 0 Å². The number of hydrogen-bond donors (Lipinski definition) is 0. The lowest BCUT2D eigenvalue weighted by molar-refractivity contribution is -0.145. The maximum atomic E-state index is 12.2. The van der Waals surface area contributed by atoms with E-state index in [0.29, 0.717) is 17.6 Å². The fourth-order valence-electron chi connectivity index (χ4n) is 2.82. The summed E-state index contributed by atoms with van der Waals surface area (Å²) in [7, 11) is 0. The third-order valence-electron chi connectivity index (χ3n) is 4.22. The minimum Gasteiger partial charge on any atom is -0.461 e. The second-order valence-electron chi connectivity index (χ2n) is 6.27. The molecule has 0 spiro atoms. The Hall–Kier alpha value is -2.88. The van der Waals surface area contributed by atoms with Gasteiger partial charge in [0.2, 0.25) is 0 Å². The van der Waals surface area contributed by atoms with Crippen LogP contribution in [0.5, 0.6) is 0 Å². The molecule has 0 fully saturated rings. The Morgan fingerprint density at radius 2 is 1.88 bits per heavy atom. The summed E-state index contributed by atoms with van der Waals surface area (Å²) >= 11 is 0. The number of esters is 1. The van der Waals surface area contributed by atoms with Gasteiger partial charge in [-0.05, 0) is 30.0 Å². The SMILES string of the molecule is Cc1ccc2c(COC(=O)C[C@H](C)c3ccccc3)cc(=O)oc2c1. The van der Waals surface area contributed by atoms with E-state index in [2.05, 4.69) is 0 Å². The first-order chi connectivity index (χ1) is 12.0. The van der Waals surface area contributed by atoms with Gasteiger partial charge in [0.25, 0.3) is 0 Å². The molecule has 0 bridgehead atoms. The second-order valence-corrected chi connectivity index (χ2v) is 6.27. The van der Waals surface area contributed by atoms with Crippen molar-refractivity contribution < 1.29 is 13.9 Å². The Kier molecular flexibility index (Phi) is 4.98. The zero-order valence-electron chi connectivity index (χ0n) is 14.3. The van der Waals surface area contributed by atoms with Crippen LogP contribution in [0, 0.1) is 6.92 Å². The second kappa shape index (κ2) is 7.34. The van der Waals surface area contributed by atoms with E-state index in [0.717, 1.165) is 16.5 Å². The predicted octanol–water partition coefficient (Wildman–Crippen LogP) is 4.34. The summed E-state index contributed by atoms with van der Waals surface area (Å²) in [5, 5.41) is 0.786. The highest BCUT2D eigenvalue weighted by Crippen LogP contribution is 2.21. The quantitative estimate of drug-likeness (QED) is 0.514. The molecule has 3 aromatic rings. The van der Waals surface area contributed by atoms with Crippen molar-refractivity contribution in [2.24, 2.45) is 0 Å². The molecule has 0 unspecified atom stereocenters. The number of fused-ring (bicyclic) bond motifs is 1. The van der Waals surface area contributed by atoms with Gasteiger partial charge in [0.05, 0.1) is 6.42 Å². The van der Waals surface area contributed by atoms with Crippen LogP contribution in [0.2, 0.25) is 0 Å². The zero-order chi connectivity index (χ0) is 17.8. The minimum absolute atomic E-state index is 0.0610. The first kappa shape index (κ1) is 17.0. The summed E-state index contributed by atoms with van der Waals surface area (Å²) in [6.45, 7) is 3.98. The van der Waals surface area contributed by atoms with Gasteiger partial charge in [0.1, 0.15) is 12.2 Å². The van der Waals surface area contributed by atoms with Crippen molar-refractivity contribution in [3.63, 3.8) is 0 Å². The molecule has 0 saturated carbocycles. The molecule has 0 N–H and O–H groups in total. The normalized spacial score (nSPS) is 12.1. The van der Waals surface area contributed by atoms with E-state index in [4.69, 9.17) is 9.15 Å². The van der Waals surface area contributed by atoms with Gasteiger partial charge < -0.3 is 9.15 Å². The van der Waals surface area contributed by atoms with Crippen LogP contribution < -0.4 is 5.63 Å². The molecule has 2 aromatic carbocycles. The van der Waals surface area contributed by atoms with Crippen molar-refractivity contribution in [3.05, 3.63) is 81.7 Å². The van der Waals surface area contributed by atoms with Crippen molar-refractivity contribution >= 4 is 16.9 Å². The number of aryl methyl sites for hydroxylation is 1. The summed E-state index contributed by atoms with van der Waals surface area (Å²) in [6.07, 6.45) is 0.294. The fourth-order valence-corrected chi connectivity index (χ4v) is 2.82. The third kappa shape index (κ3) is 4.15. The van der Waals surface area contributed by atoms with Gasteiger partial charge >= 0.3 is 11.6 Å². The average molecular weight is 336 g/mol. The Balaban J connectivity index is 1.70. The first-order valence-corrected chi connectivity index (χ1v) is 8.27. The number of hydrogen-bond acceptors (Lipinski definition) is 4. The highest BCUT2D eigenvalue weighted by molar-refractivity contribution is 5.81.